The van der Waals surface area contributed by atoms with Crippen molar-refractivity contribution in [2.45, 2.75) is 89.9 Å². The Morgan fingerprint density at radius 1 is 0.407 bits per heavy atom. The first-order valence-electron chi connectivity index (χ1n) is 19.7. The molecule has 0 unspecified atom stereocenters. The molecule has 4 rings (SSSR count). The van der Waals surface area contributed by atoms with E-state index in [0.29, 0.717) is 24.5 Å². The number of pyridine rings is 2. The van der Waals surface area contributed by atoms with Crippen molar-refractivity contribution in [1.29, 1.82) is 0 Å². The van der Waals surface area contributed by atoms with Crippen molar-refractivity contribution in [2.75, 3.05) is 49.9 Å². The third kappa shape index (κ3) is 16.4. The molecule has 6 N–H and O–H groups in total. The fraction of sp³-hybridized carbons (Fsp3) is 0.476. The third-order valence-corrected chi connectivity index (χ3v) is 9.16. The van der Waals surface area contributed by atoms with Crippen molar-refractivity contribution in [3.05, 3.63) is 73.1 Å². The van der Waals surface area contributed by atoms with E-state index in [-0.39, 0.29) is 49.3 Å². The van der Waals surface area contributed by atoms with Crippen LogP contribution in [0.4, 0.5) is 11.4 Å². The van der Waals surface area contributed by atoms with E-state index in [1.54, 1.807) is 12.4 Å². The number of amides is 4. The molecule has 0 saturated carbocycles. The van der Waals surface area contributed by atoms with Gasteiger partial charge in [-0.05, 0) is 100 Å². The number of rotatable bonds is 27. The Kier molecular flexibility index (Phi) is 19.5. The molecular weight excluding hydrogens is 681 g/mol. The lowest BCUT2D eigenvalue weighted by Gasteiger charge is -2.09. The highest BCUT2D eigenvalue weighted by molar-refractivity contribution is 6.02. The lowest BCUT2D eigenvalue weighted by atomic mass is 10.1. The molecule has 4 aromatic rings. The number of hydrogen-bond donors (Lipinski definition) is 6. The van der Waals surface area contributed by atoms with Gasteiger partial charge in [-0.25, -0.2) is 0 Å². The van der Waals surface area contributed by atoms with E-state index in [9.17, 15) is 19.2 Å². The predicted molar refractivity (Wildman–Crippen MR) is 217 cm³/mol. The Morgan fingerprint density at radius 2 is 0.796 bits per heavy atom. The molecule has 0 aliphatic heterocycles. The Balaban J connectivity index is 0.844. The summed E-state index contributed by atoms with van der Waals surface area (Å²) in [6.45, 7) is 4.93. The SMILES string of the molecule is O=C(CCC(=O)Nc1cccc2ncccc12)NCCCNCCCCCCCCCCNCCCNC(=O)CCC(=O)Nc1cccc2ncccc12. The van der Waals surface area contributed by atoms with Gasteiger partial charge in [0.05, 0.1) is 22.4 Å². The second-order valence-electron chi connectivity index (χ2n) is 13.6. The molecule has 290 valence electrons. The molecule has 2 aromatic heterocycles. The van der Waals surface area contributed by atoms with Gasteiger partial charge < -0.3 is 31.9 Å². The number of hydrogen-bond acceptors (Lipinski definition) is 8. The lowest BCUT2D eigenvalue weighted by Crippen LogP contribution is -2.28. The fourth-order valence-corrected chi connectivity index (χ4v) is 6.17. The van der Waals surface area contributed by atoms with Crippen LogP contribution in [0.3, 0.4) is 0 Å². The van der Waals surface area contributed by atoms with Crippen LogP contribution in [-0.2, 0) is 19.2 Å². The van der Waals surface area contributed by atoms with Gasteiger partial charge in [-0.15, -0.1) is 0 Å². The smallest absolute Gasteiger partial charge is 0.224 e. The minimum atomic E-state index is -0.182. The van der Waals surface area contributed by atoms with Crippen LogP contribution in [0.25, 0.3) is 21.8 Å². The molecule has 54 heavy (non-hydrogen) atoms. The number of carbonyl (C=O) groups excluding carboxylic acids is 4. The van der Waals surface area contributed by atoms with Crippen molar-refractivity contribution in [3.63, 3.8) is 0 Å². The first-order valence-corrected chi connectivity index (χ1v) is 19.7. The summed E-state index contributed by atoms with van der Waals surface area (Å²) in [4.78, 5) is 57.6. The van der Waals surface area contributed by atoms with E-state index in [2.05, 4.69) is 41.9 Å². The summed E-state index contributed by atoms with van der Waals surface area (Å²) < 4.78 is 0. The average Bonchev–Trinajstić information content (AvgIpc) is 3.19. The number of nitrogens with zero attached hydrogens (tertiary/aromatic N) is 2. The number of nitrogens with one attached hydrogen (secondary N) is 6. The molecule has 12 heteroatoms. The monoisotopic (exact) mass is 738 g/mol. The van der Waals surface area contributed by atoms with Gasteiger partial charge in [0.15, 0.2) is 0 Å². The summed E-state index contributed by atoms with van der Waals surface area (Å²) in [5.74, 6) is -0.574. The molecule has 0 radical (unpaired) electrons. The van der Waals surface area contributed by atoms with Gasteiger partial charge >= 0.3 is 0 Å². The van der Waals surface area contributed by atoms with Gasteiger partial charge in [0.25, 0.3) is 0 Å². The zero-order chi connectivity index (χ0) is 38.1. The van der Waals surface area contributed by atoms with Crippen molar-refractivity contribution in [1.82, 2.24) is 31.2 Å². The minimum Gasteiger partial charge on any atom is -0.356 e. The van der Waals surface area contributed by atoms with Crippen LogP contribution in [0, 0.1) is 0 Å². The van der Waals surface area contributed by atoms with Crippen LogP contribution in [0.2, 0.25) is 0 Å². The van der Waals surface area contributed by atoms with E-state index in [4.69, 9.17) is 0 Å². The van der Waals surface area contributed by atoms with Gasteiger partial charge in [0, 0.05) is 61.9 Å². The molecule has 0 aliphatic carbocycles. The number of unbranched alkanes of at least 4 members (excludes halogenated alkanes) is 7. The highest BCUT2D eigenvalue weighted by atomic mass is 16.2. The molecule has 12 nitrogen and oxygen atoms in total. The highest BCUT2D eigenvalue weighted by Crippen LogP contribution is 2.22. The average molecular weight is 739 g/mol. The molecule has 0 spiro atoms. The maximum absolute atomic E-state index is 12.4. The topological polar surface area (TPSA) is 166 Å². The number of carbonyl (C=O) groups is 4. The van der Waals surface area contributed by atoms with Crippen molar-refractivity contribution in [2.24, 2.45) is 0 Å². The summed E-state index contributed by atoms with van der Waals surface area (Å²) in [5, 5.41) is 20.3. The third-order valence-electron chi connectivity index (χ3n) is 9.16. The van der Waals surface area contributed by atoms with Gasteiger partial charge in [0.2, 0.25) is 23.6 Å². The Hall–Kier alpha value is -4.94. The zero-order valence-corrected chi connectivity index (χ0v) is 31.6. The largest absolute Gasteiger partial charge is 0.356 e. The van der Waals surface area contributed by atoms with Crippen molar-refractivity contribution in [3.8, 4) is 0 Å². The Labute approximate surface area is 319 Å². The quantitative estimate of drug-likeness (QED) is 0.0392. The van der Waals surface area contributed by atoms with Crippen LogP contribution in [0.5, 0.6) is 0 Å². The van der Waals surface area contributed by atoms with Crippen LogP contribution in [0.15, 0.2) is 73.1 Å². The van der Waals surface area contributed by atoms with E-state index in [0.717, 1.165) is 73.7 Å². The number of fused-ring (bicyclic) bond motifs is 2. The Morgan fingerprint density at radius 3 is 1.24 bits per heavy atom. The minimum absolute atomic E-state index is 0.105. The van der Waals surface area contributed by atoms with Crippen molar-refractivity contribution >= 4 is 56.8 Å². The number of aromatic nitrogens is 2. The van der Waals surface area contributed by atoms with Gasteiger partial charge in [0.1, 0.15) is 0 Å². The molecular formula is C42H58N8O4. The molecule has 0 atom stereocenters. The lowest BCUT2D eigenvalue weighted by molar-refractivity contribution is -0.124. The van der Waals surface area contributed by atoms with Gasteiger partial charge in [-0.1, -0.05) is 50.7 Å². The first kappa shape index (κ1) is 41.8. The van der Waals surface area contributed by atoms with E-state index >= 15 is 0 Å². The number of anilines is 2. The van der Waals surface area contributed by atoms with Crippen LogP contribution >= 0.6 is 0 Å². The molecule has 2 aromatic carbocycles. The summed E-state index contributed by atoms with van der Waals surface area (Å²) in [6, 6.07) is 18.7. The summed E-state index contributed by atoms with van der Waals surface area (Å²) in [5.41, 5.74) is 3.05. The molecule has 0 bridgehead atoms. The second kappa shape index (κ2) is 25.1. The van der Waals surface area contributed by atoms with E-state index < -0.39 is 0 Å². The van der Waals surface area contributed by atoms with Crippen LogP contribution < -0.4 is 31.9 Å². The normalized spacial score (nSPS) is 11.0. The highest BCUT2D eigenvalue weighted by Gasteiger charge is 2.11. The van der Waals surface area contributed by atoms with E-state index in [1.165, 1.54) is 38.5 Å². The van der Waals surface area contributed by atoms with Crippen LogP contribution in [0.1, 0.15) is 89.9 Å². The second-order valence-corrected chi connectivity index (χ2v) is 13.6. The van der Waals surface area contributed by atoms with Crippen molar-refractivity contribution < 1.29 is 19.2 Å². The zero-order valence-electron chi connectivity index (χ0n) is 31.6. The number of benzene rings is 2. The van der Waals surface area contributed by atoms with Gasteiger partial charge in [-0.2, -0.15) is 0 Å². The molecule has 0 aliphatic rings. The molecule has 0 saturated heterocycles. The Bertz CT molecular complexity index is 1610. The molecule has 0 fully saturated rings. The van der Waals surface area contributed by atoms with Crippen LogP contribution in [-0.4, -0.2) is 72.9 Å². The molecule has 4 amide bonds. The summed E-state index contributed by atoms with van der Waals surface area (Å²) in [6.07, 6.45) is 15.6. The van der Waals surface area contributed by atoms with Gasteiger partial charge in [-0.3, -0.25) is 29.1 Å². The summed E-state index contributed by atoms with van der Waals surface area (Å²) >= 11 is 0. The fourth-order valence-electron chi connectivity index (χ4n) is 6.17. The first-order chi connectivity index (χ1) is 26.5. The van der Waals surface area contributed by atoms with E-state index in [1.807, 2.05) is 60.7 Å². The maximum atomic E-state index is 12.4. The standard InChI is InChI=1S/C42H58N8O4/c51-39(21-23-41(53)49-37-19-9-17-35-33(37)15-11-29-45-35)47-31-13-27-43-25-7-5-3-1-2-4-6-8-26-44-28-14-32-48-40(52)22-24-42(54)50-38-20-10-18-36-34(38)16-12-30-46-36/h9-12,15-20,29-30,43-44H,1-8,13-14,21-28,31-32H2,(H,47,51)(H,48,52)(H,49,53)(H,50,54). The predicted octanol–water partition coefficient (Wildman–Crippen LogP) is 6.23. The maximum Gasteiger partial charge on any atom is 0.224 e. The summed E-state index contributed by atoms with van der Waals surface area (Å²) in [7, 11) is 0. The molecule has 2 heterocycles.